The number of aryl methyl sites for hydroxylation is 1. The van der Waals surface area contributed by atoms with E-state index in [0.717, 1.165) is 12.8 Å². The quantitative estimate of drug-likeness (QED) is 0.653. The molecule has 26 heavy (non-hydrogen) atoms. The predicted molar refractivity (Wildman–Crippen MR) is 93.1 cm³/mol. The summed E-state index contributed by atoms with van der Waals surface area (Å²) >= 11 is 0. The second-order valence-electron chi connectivity index (χ2n) is 5.79. The summed E-state index contributed by atoms with van der Waals surface area (Å²) in [6, 6.07) is 5.94. The van der Waals surface area contributed by atoms with Gasteiger partial charge in [0.1, 0.15) is 22.7 Å². The van der Waals surface area contributed by atoms with Crippen molar-refractivity contribution in [1.82, 2.24) is 20.4 Å². The molecule has 0 spiro atoms. The smallest absolute Gasteiger partial charge is 0.265 e. The molecule has 3 aromatic rings. The average molecular weight is 358 g/mol. The highest BCUT2D eigenvalue weighted by atomic mass is 19.1. The lowest BCUT2D eigenvalue weighted by Gasteiger charge is -2.08. The third kappa shape index (κ3) is 3.96. The largest absolute Gasteiger partial charge is 0.467 e. The van der Waals surface area contributed by atoms with E-state index in [0.29, 0.717) is 29.0 Å². The van der Waals surface area contributed by atoms with Gasteiger partial charge in [0, 0.05) is 12.1 Å². The number of carbonyl (C=O) groups is 1. The molecule has 1 N–H and O–H groups in total. The van der Waals surface area contributed by atoms with Crippen molar-refractivity contribution >= 4 is 17.0 Å². The number of unbranched alkanes of at least 4 members (excludes halogenated alkanes) is 1. The molecular weight excluding hydrogens is 339 g/mol. The first kappa shape index (κ1) is 17.8. The fourth-order valence-electron chi connectivity index (χ4n) is 2.45. The van der Waals surface area contributed by atoms with Crippen LogP contribution in [0.2, 0.25) is 0 Å². The Morgan fingerprint density at radius 2 is 2.19 bits per heavy atom. The van der Waals surface area contributed by atoms with Crippen LogP contribution in [0.1, 0.15) is 25.6 Å². The zero-order valence-electron chi connectivity index (χ0n) is 14.6. The molecule has 0 aliphatic rings. The van der Waals surface area contributed by atoms with Gasteiger partial charge >= 0.3 is 0 Å². The number of carbonyl (C=O) groups excluding carboxylic acids is 1. The van der Waals surface area contributed by atoms with E-state index in [-0.39, 0.29) is 24.1 Å². The molecule has 0 aliphatic carbocycles. The van der Waals surface area contributed by atoms with Crippen molar-refractivity contribution in [3.05, 3.63) is 35.9 Å². The number of fused-ring (bicyclic) bond motifs is 1. The van der Waals surface area contributed by atoms with Crippen LogP contribution >= 0.6 is 0 Å². The van der Waals surface area contributed by atoms with E-state index in [1.165, 1.54) is 12.1 Å². The van der Waals surface area contributed by atoms with E-state index in [9.17, 15) is 9.18 Å². The molecule has 0 aliphatic heterocycles. The maximum absolute atomic E-state index is 13.6. The number of aromatic nitrogens is 3. The third-order valence-corrected chi connectivity index (χ3v) is 3.71. The van der Waals surface area contributed by atoms with Crippen LogP contribution in [0.3, 0.4) is 0 Å². The maximum atomic E-state index is 13.6. The van der Waals surface area contributed by atoms with Gasteiger partial charge in [0.25, 0.3) is 11.6 Å². The first-order chi connectivity index (χ1) is 12.6. The second-order valence-corrected chi connectivity index (χ2v) is 5.79. The number of halogens is 1. The molecule has 0 unspecified atom stereocenters. The summed E-state index contributed by atoms with van der Waals surface area (Å²) in [7, 11) is 0. The van der Waals surface area contributed by atoms with Gasteiger partial charge in [0.05, 0.1) is 0 Å². The van der Waals surface area contributed by atoms with Crippen LogP contribution < -0.4 is 10.1 Å². The number of ether oxygens (including phenoxy) is 1. The van der Waals surface area contributed by atoms with Gasteiger partial charge < -0.3 is 14.6 Å². The Hall–Kier alpha value is -3.03. The molecule has 1 aromatic carbocycles. The lowest BCUT2D eigenvalue weighted by atomic mass is 10.1. The Balaban J connectivity index is 1.89. The molecule has 0 saturated carbocycles. The summed E-state index contributed by atoms with van der Waals surface area (Å²) in [5.41, 5.74) is 1.09. The van der Waals surface area contributed by atoms with Crippen LogP contribution in [0.4, 0.5) is 4.39 Å². The molecule has 2 aromatic heterocycles. The molecule has 2 heterocycles. The van der Waals surface area contributed by atoms with Gasteiger partial charge in [-0.1, -0.05) is 30.6 Å². The lowest BCUT2D eigenvalue weighted by Crippen LogP contribution is -2.29. The third-order valence-electron chi connectivity index (χ3n) is 3.71. The number of nitrogens with one attached hydrogen (secondary N) is 1. The standard InChI is InChI=1S/C18H19FN4O3/c1-3-4-8-20-14(24)10-25-17-15-16(12-6-5-7-13(19)9-12)23-26-18(15)22-11(2)21-17/h5-7,9H,3-4,8,10H2,1-2H3,(H,20,24). The van der Waals surface area contributed by atoms with E-state index in [1.54, 1.807) is 19.1 Å². The van der Waals surface area contributed by atoms with Crippen molar-refractivity contribution in [1.29, 1.82) is 0 Å². The van der Waals surface area contributed by atoms with Crippen LogP contribution in [0, 0.1) is 12.7 Å². The second kappa shape index (κ2) is 7.90. The molecule has 0 atom stereocenters. The molecule has 0 bridgehead atoms. The van der Waals surface area contributed by atoms with Gasteiger partial charge in [0.15, 0.2) is 6.61 Å². The summed E-state index contributed by atoms with van der Waals surface area (Å²) in [5.74, 6) is -0.0458. The topological polar surface area (TPSA) is 90.1 Å². The predicted octanol–water partition coefficient (Wildman–Crippen LogP) is 3.03. The van der Waals surface area contributed by atoms with Crippen molar-refractivity contribution < 1.29 is 18.4 Å². The van der Waals surface area contributed by atoms with Crippen molar-refractivity contribution in [3.8, 4) is 17.1 Å². The van der Waals surface area contributed by atoms with Gasteiger partial charge in [-0.2, -0.15) is 9.97 Å². The molecular formula is C18H19FN4O3. The van der Waals surface area contributed by atoms with Crippen molar-refractivity contribution in [2.75, 3.05) is 13.2 Å². The van der Waals surface area contributed by atoms with Crippen LogP contribution in [-0.2, 0) is 4.79 Å². The number of amides is 1. The lowest BCUT2D eigenvalue weighted by molar-refractivity contribution is -0.123. The minimum atomic E-state index is -0.399. The molecule has 0 saturated heterocycles. The molecule has 0 fully saturated rings. The fraction of sp³-hybridized carbons (Fsp3) is 0.333. The number of hydrogen-bond acceptors (Lipinski definition) is 6. The Morgan fingerprint density at radius 1 is 1.35 bits per heavy atom. The van der Waals surface area contributed by atoms with Crippen molar-refractivity contribution in [2.45, 2.75) is 26.7 Å². The Morgan fingerprint density at radius 3 is 2.96 bits per heavy atom. The zero-order chi connectivity index (χ0) is 18.5. The molecule has 136 valence electrons. The number of hydrogen-bond donors (Lipinski definition) is 1. The van der Waals surface area contributed by atoms with Gasteiger partial charge in [-0.05, 0) is 25.5 Å². The Bertz CT molecular complexity index is 926. The van der Waals surface area contributed by atoms with E-state index < -0.39 is 5.82 Å². The Kier molecular flexibility index (Phi) is 5.40. The zero-order valence-corrected chi connectivity index (χ0v) is 14.6. The van der Waals surface area contributed by atoms with Crippen LogP contribution in [-0.4, -0.2) is 34.2 Å². The SMILES string of the molecule is CCCCNC(=O)COc1nc(C)nc2onc(-c3cccc(F)c3)c12. The normalized spacial score (nSPS) is 10.9. The first-order valence-electron chi connectivity index (χ1n) is 8.38. The van der Waals surface area contributed by atoms with Crippen molar-refractivity contribution in [3.63, 3.8) is 0 Å². The average Bonchev–Trinajstić information content (AvgIpc) is 3.03. The maximum Gasteiger partial charge on any atom is 0.265 e. The van der Waals surface area contributed by atoms with Crippen molar-refractivity contribution in [2.24, 2.45) is 0 Å². The minimum Gasteiger partial charge on any atom is -0.467 e. The van der Waals surface area contributed by atoms with E-state index >= 15 is 0 Å². The molecule has 3 rings (SSSR count). The van der Waals surface area contributed by atoms with E-state index in [1.807, 2.05) is 6.92 Å². The van der Waals surface area contributed by atoms with Gasteiger partial charge in [-0.3, -0.25) is 4.79 Å². The minimum absolute atomic E-state index is 0.179. The van der Waals surface area contributed by atoms with Gasteiger partial charge in [-0.25, -0.2) is 4.39 Å². The van der Waals surface area contributed by atoms with Gasteiger partial charge in [-0.15, -0.1) is 0 Å². The summed E-state index contributed by atoms with van der Waals surface area (Å²) in [6.45, 7) is 4.13. The van der Waals surface area contributed by atoms with Crippen LogP contribution in [0.25, 0.3) is 22.4 Å². The molecule has 7 nitrogen and oxygen atoms in total. The monoisotopic (exact) mass is 358 g/mol. The molecule has 0 radical (unpaired) electrons. The molecule has 8 heteroatoms. The van der Waals surface area contributed by atoms with E-state index in [2.05, 4.69) is 20.4 Å². The summed E-state index contributed by atoms with van der Waals surface area (Å²) in [5, 5.41) is 7.14. The fourth-order valence-corrected chi connectivity index (χ4v) is 2.45. The number of benzene rings is 1. The summed E-state index contributed by atoms with van der Waals surface area (Å²) in [6.07, 6.45) is 1.89. The first-order valence-corrected chi connectivity index (χ1v) is 8.38. The molecule has 1 amide bonds. The Labute approximate surface area is 149 Å². The number of nitrogens with zero attached hydrogens (tertiary/aromatic N) is 3. The summed E-state index contributed by atoms with van der Waals surface area (Å²) < 4.78 is 24.4. The van der Waals surface area contributed by atoms with Gasteiger partial charge in [0.2, 0.25) is 5.88 Å². The highest BCUT2D eigenvalue weighted by molar-refractivity contribution is 5.93. The van der Waals surface area contributed by atoms with Crippen LogP contribution in [0.15, 0.2) is 28.8 Å². The summed E-state index contributed by atoms with van der Waals surface area (Å²) in [4.78, 5) is 20.3. The number of rotatable bonds is 7. The highest BCUT2D eigenvalue weighted by Crippen LogP contribution is 2.33. The van der Waals surface area contributed by atoms with E-state index in [4.69, 9.17) is 9.26 Å². The van der Waals surface area contributed by atoms with Crippen LogP contribution in [0.5, 0.6) is 5.88 Å². The highest BCUT2D eigenvalue weighted by Gasteiger charge is 2.20.